The molecule has 7 nitrogen and oxygen atoms in total. The number of imidazole rings is 1. The minimum atomic E-state index is -0.489. The summed E-state index contributed by atoms with van der Waals surface area (Å²) in [6.07, 6.45) is 4.73. The third kappa shape index (κ3) is 3.09. The highest BCUT2D eigenvalue weighted by atomic mass is 19.1. The lowest BCUT2D eigenvalue weighted by Gasteiger charge is -2.04. The van der Waals surface area contributed by atoms with Gasteiger partial charge in [0.1, 0.15) is 28.2 Å². The van der Waals surface area contributed by atoms with Crippen LogP contribution in [0, 0.1) is 11.6 Å². The van der Waals surface area contributed by atoms with Crippen molar-refractivity contribution in [2.75, 3.05) is 5.73 Å². The minimum absolute atomic E-state index is 0.179. The molecule has 0 saturated heterocycles. The third-order valence-corrected chi connectivity index (χ3v) is 5.47. The number of nitrogens with two attached hydrogens (primary N) is 1. The Bertz CT molecular complexity index is 1670. The standard InChI is InChI=1S/C24H15F2N7/c25-17-4-2-1-3-15(17)21-23-19(5-6-29-21)30-24(31-23)22-16-8-12(9-18(26)20(16)32-33-22)13-7-14(27)11-28-10-13/h1-11H,27H2,(H,30,31)(H,32,33). The van der Waals surface area contributed by atoms with Gasteiger partial charge in [-0.15, -0.1) is 0 Å². The monoisotopic (exact) mass is 439 g/mol. The number of fused-ring (bicyclic) bond motifs is 2. The Kier molecular flexibility index (Phi) is 4.16. The van der Waals surface area contributed by atoms with E-state index >= 15 is 0 Å². The van der Waals surface area contributed by atoms with Gasteiger partial charge in [0.05, 0.1) is 11.2 Å². The van der Waals surface area contributed by atoms with Crippen LogP contribution >= 0.6 is 0 Å². The molecular formula is C24H15F2N7. The summed E-state index contributed by atoms with van der Waals surface area (Å²) in [5.74, 6) is -0.450. The first kappa shape index (κ1) is 19.1. The van der Waals surface area contributed by atoms with E-state index in [-0.39, 0.29) is 5.52 Å². The lowest BCUT2D eigenvalue weighted by Crippen LogP contribution is -1.89. The quantitative estimate of drug-likeness (QED) is 0.356. The van der Waals surface area contributed by atoms with E-state index in [9.17, 15) is 8.78 Å². The number of benzene rings is 2. The van der Waals surface area contributed by atoms with Crippen molar-refractivity contribution in [1.29, 1.82) is 0 Å². The first-order valence-electron chi connectivity index (χ1n) is 10.1. The van der Waals surface area contributed by atoms with Crippen LogP contribution in [0.15, 0.2) is 67.1 Å². The average Bonchev–Trinajstić information content (AvgIpc) is 3.43. The number of pyridine rings is 2. The molecule has 0 fully saturated rings. The molecule has 2 aromatic carbocycles. The minimum Gasteiger partial charge on any atom is -0.397 e. The molecule has 6 rings (SSSR count). The van der Waals surface area contributed by atoms with Crippen molar-refractivity contribution in [1.82, 2.24) is 30.1 Å². The molecule has 0 bridgehead atoms. The predicted molar refractivity (Wildman–Crippen MR) is 122 cm³/mol. The zero-order valence-corrected chi connectivity index (χ0v) is 17.0. The Morgan fingerprint density at radius 2 is 1.76 bits per heavy atom. The van der Waals surface area contributed by atoms with Crippen LogP contribution in [-0.2, 0) is 0 Å². The second-order valence-electron chi connectivity index (χ2n) is 7.58. The molecule has 160 valence electrons. The van der Waals surface area contributed by atoms with Crippen LogP contribution in [-0.4, -0.2) is 30.1 Å². The topological polar surface area (TPSA) is 109 Å². The third-order valence-electron chi connectivity index (χ3n) is 5.47. The number of rotatable bonds is 3. The number of halogens is 2. The highest BCUT2D eigenvalue weighted by Gasteiger charge is 2.19. The van der Waals surface area contributed by atoms with Gasteiger partial charge in [0.25, 0.3) is 0 Å². The summed E-state index contributed by atoms with van der Waals surface area (Å²) in [5, 5.41) is 7.54. The number of aromatic amines is 2. The van der Waals surface area contributed by atoms with Gasteiger partial charge in [-0.3, -0.25) is 15.1 Å². The van der Waals surface area contributed by atoms with E-state index in [0.717, 1.165) is 0 Å². The Morgan fingerprint density at radius 1 is 0.879 bits per heavy atom. The van der Waals surface area contributed by atoms with Crippen LogP contribution in [0.1, 0.15) is 0 Å². The van der Waals surface area contributed by atoms with Gasteiger partial charge in [-0.2, -0.15) is 5.10 Å². The molecule has 0 atom stereocenters. The smallest absolute Gasteiger partial charge is 0.157 e. The molecule has 0 aliphatic heterocycles. The maximum atomic E-state index is 14.9. The van der Waals surface area contributed by atoms with Gasteiger partial charge in [0.2, 0.25) is 0 Å². The van der Waals surface area contributed by atoms with Crippen molar-refractivity contribution < 1.29 is 8.78 Å². The summed E-state index contributed by atoms with van der Waals surface area (Å²) in [7, 11) is 0. The van der Waals surface area contributed by atoms with Crippen molar-refractivity contribution in [3.8, 4) is 33.9 Å². The lowest BCUT2D eigenvalue weighted by atomic mass is 10.0. The molecule has 0 amide bonds. The highest BCUT2D eigenvalue weighted by molar-refractivity contribution is 5.97. The fraction of sp³-hybridized carbons (Fsp3) is 0. The first-order valence-corrected chi connectivity index (χ1v) is 10.1. The number of nitrogen functional groups attached to an aromatic ring is 1. The summed E-state index contributed by atoms with van der Waals surface area (Å²) in [5.41, 5.74) is 10.2. The van der Waals surface area contributed by atoms with E-state index < -0.39 is 11.6 Å². The van der Waals surface area contributed by atoms with Crippen molar-refractivity contribution in [3.05, 3.63) is 78.8 Å². The van der Waals surface area contributed by atoms with E-state index in [1.807, 2.05) is 0 Å². The molecule has 0 unspecified atom stereocenters. The van der Waals surface area contributed by atoms with Crippen molar-refractivity contribution in [2.24, 2.45) is 0 Å². The normalized spacial score (nSPS) is 11.5. The van der Waals surface area contributed by atoms with E-state index in [2.05, 4.69) is 30.1 Å². The molecule has 4 heterocycles. The summed E-state index contributed by atoms with van der Waals surface area (Å²) >= 11 is 0. The second kappa shape index (κ2) is 7.20. The van der Waals surface area contributed by atoms with Crippen LogP contribution in [0.25, 0.3) is 55.8 Å². The number of hydrogen-bond donors (Lipinski definition) is 3. The van der Waals surface area contributed by atoms with Gasteiger partial charge in [0, 0.05) is 35.1 Å². The summed E-state index contributed by atoms with van der Waals surface area (Å²) in [6.45, 7) is 0. The van der Waals surface area contributed by atoms with Gasteiger partial charge in [-0.25, -0.2) is 13.8 Å². The number of nitrogens with one attached hydrogen (secondary N) is 2. The van der Waals surface area contributed by atoms with Gasteiger partial charge >= 0.3 is 0 Å². The molecule has 0 aliphatic rings. The van der Waals surface area contributed by atoms with Crippen molar-refractivity contribution in [2.45, 2.75) is 0 Å². The summed E-state index contributed by atoms with van der Waals surface area (Å²) in [4.78, 5) is 16.3. The summed E-state index contributed by atoms with van der Waals surface area (Å²) in [6, 6.07) is 13.1. The van der Waals surface area contributed by atoms with E-state index in [4.69, 9.17) is 5.73 Å². The Morgan fingerprint density at radius 3 is 2.61 bits per heavy atom. The Balaban J connectivity index is 1.55. The molecule has 0 radical (unpaired) electrons. The predicted octanol–water partition coefficient (Wildman–Crippen LogP) is 5.09. The molecule has 9 heteroatoms. The number of H-pyrrole nitrogens is 2. The average molecular weight is 439 g/mol. The van der Waals surface area contributed by atoms with E-state index in [1.54, 1.807) is 48.8 Å². The number of anilines is 1. The number of aromatic nitrogens is 6. The first-order chi connectivity index (χ1) is 16.1. The molecule has 4 aromatic heterocycles. The van der Waals surface area contributed by atoms with Gasteiger partial charge in [-0.1, -0.05) is 12.1 Å². The number of hydrogen-bond acceptors (Lipinski definition) is 5. The maximum absolute atomic E-state index is 14.9. The van der Waals surface area contributed by atoms with Gasteiger partial charge in [-0.05, 0) is 42.0 Å². The molecule has 33 heavy (non-hydrogen) atoms. The van der Waals surface area contributed by atoms with Crippen molar-refractivity contribution >= 4 is 27.6 Å². The fourth-order valence-electron chi connectivity index (χ4n) is 3.94. The lowest BCUT2D eigenvalue weighted by molar-refractivity contribution is 0.631. The van der Waals surface area contributed by atoms with E-state index in [0.29, 0.717) is 56.0 Å². The Hall–Kier alpha value is -4.66. The van der Waals surface area contributed by atoms with Gasteiger partial charge < -0.3 is 10.7 Å². The van der Waals surface area contributed by atoms with Crippen LogP contribution in [0.5, 0.6) is 0 Å². The molecule has 4 N–H and O–H groups in total. The van der Waals surface area contributed by atoms with Gasteiger partial charge in [0.15, 0.2) is 11.6 Å². The zero-order chi connectivity index (χ0) is 22.5. The maximum Gasteiger partial charge on any atom is 0.157 e. The summed E-state index contributed by atoms with van der Waals surface area (Å²) < 4.78 is 29.3. The highest BCUT2D eigenvalue weighted by Crippen LogP contribution is 2.34. The Labute approximate surface area is 185 Å². The van der Waals surface area contributed by atoms with Crippen molar-refractivity contribution in [3.63, 3.8) is 0 Å². The fourth-order valence-corrected chi connectivity index (χ4v) is 3.94. The molecule has 0 saturated carbocycles. The van der Waals surface area contributed by atoms with E-state index in [1.165, 1.54) is 18.3 Å². The van der Waals surface area contributed by atoms with Crippen LogP contribution in [0.4, 0.5) is 14.5 Å². The van der Waals surface area contributed by atoms with Crippen LogP contribution in [0.2, 0.25) is 0 Å². The molecule has 0 spiro atoms. The zero-order valence-electron chi connectivity index (χ0n) is 17.0. The molecule has 6 aromatic rings. The SMILES string of the molecule is Nc1cncc(-c2cc(F)c3n[nH]c(-c4nc5c(-c6ccccc6F)nccc5[nH]4)c3c2)c1. The largest absolute Gasteiger partial charge is 0.397 e. The second-order valence-corrected chi connectivity index (χ2v) is 7.58. The van der Waals surface area contributed by atoms with Crippen LogP contribution in [0.3, 0.4) is 0 Å². The van der Waals surface area contributed by atoms with Crippen LogP contribution < -0.4 is 5.73 Å². The molecular weight excluding hydrogens is 424 g/mol. The molecule has 0 aliphatic carbocycles. The number of nitrogens with zero attached hydrogens (tertiary/aromatic N) is 4.